The number of nitro groups is 1. The SMILES string of the molecule is CNc1c(C)cc(Br)c(C)c1[N+](=O)[O-]. The Morgan fingerprint density at radius 2 is 2.07 bits per heavy atom. The molecule has 0 aliphatic rings. The predicted molar refractivity (Wildman–Crippen MR) is 59.8 cm³/mol. The molecule has 0 saturated carbocycles. The van der Waals surface area contributed by atoms with Crippen LogP contribution >= 0.6 is 15.9 Å². The summed E-state index contributed by atoms with van der Waals surface area (Å²) in [5.41, 5.74) is 2.22. The summed E-state index contributed by atoms with van der Waals surface area (Å²) in [6.07, 6.45) is 0. The largest absolute Gasteiger partial charge is 0.382 e. The number of nitrogens with one attached hydrogen (secondary N) is 1. The van der Waals surface area contributed by atoms with Crippen molar-refractivity contribution < 1.29 is 4.92 Å². The van der Waals surface area contributed by atoms with Gasteiger partial charge in [-0.05, 0) is 25.5 Å². The van der Waals surface area contributed by atoms with Gasteiger partial charge in [0.1, 0.15) is 5.69 Å². The second-order valence-electron chi connectivity index (χ2n) is 3.03. The van der Waals surface area contributed by atoms with E-state index in [-0.39, 0.29) is 10.6 Å². The van der Waals surface area contributed by atoms with Crippen LogP contribution in [0, 0.1) is 24.0 Å². The van der Waals surface area contributed by atoms with Gasteiger partial charge in [0, 0.05) is 17.1 Å². The van der Waals surface area contributed by atoms with Crippen LogP contribution in [-0.4, -0.2) is 12.0 Å². The van der Waals surface area contributed by atoms with Crippen molar-refractivity contribution in [2.24, 2.45) is 0 Å². The smallest absolute Gasteiger partial charge is 0.296 e. The summed E-state index contributed by atoms with van der Waals surface area (Å²) < 4.78 is 0.765. The van der Waals surface area contributed by atoms with Crippen molar-refractivity contribution in [3.63, 3.8) is 0 Å². The van der Waals surface area contributed by atoms with Gasteiger partial charge in [-0.2, -0.15) is 0 Å². The lowest BCUT2D eigenvalue weighted by Gasteiger charge is -2.09. The molecule has 4 nitrogen and oxygen atoms in total. The topological polar surface area (TPSA) is 55.2 Å². The van der Waals surface area contributed by atoms with Gasteiger partial charge in [0.15, 0.2) is 0 Å². The summed E-state index contributed by atoms with van der Waals surface area (Å²) in [6, 6.07) is 1.87. The van der Waals surface area contributed by atoms with Crippen LogP contribution in [0.1, 0.15) is 11.1 Å². The Kier molecular flexibility index (Phi) is 3.10. The number of halogens is 1. The standard InChI is InChI=1S/C9H11BrN2O2/c1-5-4-7(10)6(2)9(12(13)14)8(5)11-3/h4,11H,1-3H3. The van der Waals surface area contributed by atoms with Crippen LogP contribution in [0.2, 0.25) is 0 Å². The van der Waals surface area contributed by atoms with E-state index < -0.39 is 0 Å². The Hall–Kier alpha value is -1.10. The second-order valence-corrected chi connectivity index (χ2v) is 3.89. The van der Waals surface area contributed by atoms with E-state index >= 15 is 0 Å². The van der Waals surface area contributed by atoms with Crippen LogP contribution in [0.25, 0.3) is 0 Å². The van der Waals surface area contributed by atoms with Gasteiger partial charge >= 0.3 is 0 Å². The van der Waals surface area contributed by atoms with E-state index in [4.69, 9.17) is 0 Å². The number of hydrogen-bond donors (Lipinski definition) is 1. The predicted octanol–water partition coefficient (Wildman–Crippen LogP) is 3.02. The Morgan fingerprint density at radius 1 is 1.50 bits per heavy atom. The van der Waals surface area contributed by atoms with Crippen LogP contribution in [0.3, 0.4) is 0 Å². The number of anilines is 1. The average Bonchev–Trinajstić information content (AvgIpc) is 2.10. The molecule has 0 aromatic heterocycles. The van der Waals surface area contributed by atoms with E-state index in [0.29, 0.717) is 11.3 Å². The first kappa shape index (κ1) is 11.0. The van der Waals surface area contributed by atoms with Gasteiger partial charge in [0.05, 0.1) is 4.92 Å². The molecule has 0 atom stereocenters. The highest BCUT2D eigenvalue weighted by Crippen LogP contribution is 2.35. The van der Waals surface area contributed by atoms with Gasteiger partial charge < -0.3 is 5.32 Å². The average molecular weight is 259 g/mol. The Morgan fingerprint density at radius 3 is 2.50 bits per heavy atom. The van der Waals surface area contributed by atoms with Crippen molar-refractivity contribution in [1.29, 1.82) is 0 Å². The molecular formula is C9H11BrN2O2. The van der Waals surface area contributed by atoms with Gasteiger partial charge in [-0.25, -0.2) is 0 Å². The van der Waals surface area contributed by atoms with Crippen molar-refractivity contribution in [3.05, 3.63) is 31.8 Å². The minimum Gasteiger partial charge on any atom is -0.382 e. The van der Waals surface area contributed by atoms with Crippen molar-refractivity contribution in [3.8, 4) is 0 Å². The Balaban J connectivity index is 3.56. The fourth-order valence-corrected chi connectivity index (χ4v) is 1.93. The lowest BCUT2D eigenvalue weighted by molar-refractivity contribution is -0.384. The molecule has 0 unspecified atom stereocenters. The molecule has 1 aromatic rings. The van der Waals surface area contributed by atoms with Crippen molar-refractivity contribution in [2.45, 2.75) is 13.8 Å². The summed E-state index contributed by atoms with van der Waals surface area (Å²) >= 11 is 3.30. The first-order valence-corrected chi connectivity index (χ1v) is 4.90. The highest BCUT2D eigenvalue weighted by molar-refractivity contribution is 9.10. The van der Waals surface area contributed by atoms with Crippen LogP contribution in [0.15, 0.2) is 10.5 Å². The van der Waals surface area contributed by atoms with Crippen LogP contribution in [-0.2, 0) is 0 Å². The van der Waals surface area contributed by atoms with Crippen LogP contribution in [0.5, 0.6) is 0 Å². The first-order valence-electron chi connectivity index (χ1n) is 4.11. The zero-order valence-corrected chi connectivity index (χ0v) is 9.81. The van der Waals surface area contributed by atoms with Gasteiger partial charge in [-0.1, -0.05) is 15.9 Å². The highest BCUT2D eigenvalue weighted by atomic mass is 79.9. The van der Waals surface area contributed by atoms with E-state index in [2.05, 4.69) is 21.2 Å². The van der Waals surface area contributed by atoms with Crippen molar-refractivity contribution in [1.82, 2.24) is 0 Å². The van der Waals surface area contributed by atoms with Gasteiger partial charge in [0.25, 0.3) is 5.69 Å². The maximum Gasteiger partial charge on any atom is 0.296 e. The summed E-state index contributed by atoms with van der Waals surface area (Å²) in [5, 5.41) is 13.7. The first-order chi connectivity index (χ1) is 6.49. The minimum atomic E-state index is -0.362. The van der Waals surface area contributed by atoms with E-state index in [0.717, 1.165) is 10.0 Å². The third-order valence-electron chi connectivity index (χ3n) is 2.12. The van der Waals surface area contributed by atoms with Gasteiger partial charge in [0.2, 0.25) is 0 Å². The fourth-order valence-electron chi connectivity index (χ4n) is 1.40. The molecular weight excluding hydrogens is 248 g/mol. The molecule has 0 saturated heterocycles. The maximum absolute atomic E-state index is 10.9. The number of nitro benzene ring substituents is 1. The lowest BCUT2D eigenvalue weighted by atomic mass is 10.1. The Bertz CT molecular complexity index is 391. The second kappa shape index (κ2) is 3.96. The van der Waals surface area contributed by atoms with E-state index in [1.54, 1.807) is 14.0 Å². The molecule has 1 aromatic carbocycles. The molecule has 0 fully saturated rings. The molecule has 1 N–H and O–H groups in total. The molecule has 0 aliphatic heterocycles. The van der Waals surface area contributed by atoms with Crippen LogP contribution in [0.4, 0.5) is 11.4 Å². The number of aryl methyl sites for hydroxylation is 1. The highest BCUT2D eigenvalue weighted by Gasteiger charge is 2.20. The van der Waals surface area contributed by atoms with Crippen molar-refractivity contribution >= 4 is 27.3 Å². The summed E-state index contributed by atoms with van der Waals surface area (Å²) in [6.45, 7) is 3.56. The number of rotatable bonds is 2. The van der Waals surface area contributed by atoms with E-state index in [9.17, 15) is 10.1 Å². The zero-order chi connectivity index (χ0) is 10.9. The molecule has 14 heavy (non-hydrogen) atoms. The molecule has 76 valence electrons. The minimum absolute atomic E-state index is 0.138. The monoisotopic (exact) mass is 258 g/mol. The molecule has 1 rings (SSSR count). The molecule has 0 heterocycles. The molecule has 5 heteroatoms. The van der Waals surface area contributed by atoms with Crippen molar-refractivity contribution in [2.75, 3.05) is 12.4 Å². The normalized spacial score (nSPS) is 10.0. The molecule has 0 amide bonds. The molecule has 0 spiro atoms. The number of nitrogens with zero attached hydrogens (tertiary/aromatic N) is 1. The van der Waals surface area contributed by atoms with E-state index in [1.165, 1.54) is 0 Å². The summed E-state index contributed by atoms with van der Waals surface area (Å²) in [7, 11) is 1.68. The number of hydrogen-bond acceptors (Lipinski definition) is 3. The zero-order valence-electron chi connectivity index (χ0n) is 8.22. The third-order valence-corrected chi connectivity index (χ3v) is 2.94. The van der Waals surface area contributed by atoms with Gasteiger partial charge in [-0.3, -0.25) is 10.1 Å². The van der Waals surface area contributed by atoms with E-state index in [1.807, 2.05) is 13.0 Å². The maximum atomic E-state index is 10.9. The Labute approximate surface area is 90.6 Å². The third kappa shape index (κ3) is 1.72. The van der Waals surface area contributed by atoms with Gasteiger partial charge in [-0.15, -0.1) is 0 Å². The quantitative estimate of drug-likeness (QED) is 0.656. The number of benzene rings is 1. The molecule has 0 aliphatic carbocycles. The summed E-state index contributed by atoms with van der Waals surface area (Å²) in [4.78, 5) is 10.5. The lowest BCUT2D eigenvalue weighted by Crippen LogP contribution is -2.01. The van der Waals surface area contributed by atoms with Crippen LogP contribution < -0.4 is 5.32 Å². The summed E-state index contributed by atoms with van der Waals surface area (Å²) in [5.74, 6) is 0. The molecule has 0 radical (unpaired) electrons. The fraction of sp³-hybridized carbons (Fsp3) is 0.333. The molecule has 0 bridgehead atoms.